The first-order valence-electron chi connectivity index (χ1n) is 9.58. The van der Waals surface area contributed by atoms with Crippen LogP contribution in [0, 0.1) is 11.6 Å². The highest BCUT2D eigenvalue weighted by Crippen LogP contribution is 2.38. The van der Waals surface area contributed by atoms with Gasteiger partial charge >= 0.3 is 0 Å². The minimum absolute atomic E-state index is 0.0362. The Morgan fingerprint density at radius 2 is 1.71 bits per heavy atom. The molecule has 8 heteroatoms. The third kappa shape index (κ3) is 4.07. The fraction of sp³-hybridized carbons (Fsp3) is 0.217. The molecule has 0 N–H and O–H groups in total. The number of nitrogens with zero attached hydrogens (tertiary/aromatic N) is 2. The molecule has 2 heterocycles. The van der Waals surface area contributed by atoms with E-state index in [0.717, 1.165) is 6.26 Å². The van der Waals surface area contributed by atoms with E-state index < -0.39 is 33.3 Å². The second-order valence-corrected chi connectivity index (χ2v) is 9.95. The van der Waals surface area contributed by atoms with E-state index in [0.29, 0.717) is 33.5 Å². The molecular formula is C23H20F2N2O3S. The van der Waals surface area contributed by atoms with Crippen LogP contribution >= 0.6 is 0 Å². The molecule has 0 fully saturated rings. The van der Waals surface area contributed by atoms with Crippen molar-refractivity contribution in [3.63, 3.8) is 0 Å². The summed E-state index contributed by atoms with van der Waals surface area (Å²) in [5.41, 5.74) is 3.19. The summed E-state index contributed by atoms with van der Waals surface area (Å²) in [6, 6.07) is 9.54. The van der Waals surface area contributed by atoms with Crippen molar-refractivity contribution < 1.29 is 17.2 Å². The third-order valence-corrected chi connectivity index (χ3v) is 6.14. The number of rotatable bonds is 3. The SMILES string of the molecule is C[C@@H]1N=C(c2ccc(F)cc2)c2cc(F)c(CS(C)(=O)=O)cc2-c2cn(C)c(=O)cc21. The summed E-state index contributed by atoms with van der Waals surface area (Å²) in [4.78, 5) is 17.0. The maximum Gasteiger partial charge on any atom is 0.250 e. The molecule has 0 bridgehead atoms. The molecule has 1 atom stereocenters. The molecule has 1 aliphatic heterocycles. The molecule has 0 spiro atoms. The molecule has 1 aromatic heterocycles. The lowest BCUT2D eigenvalue weighted by atomic mass is 9.91. The van der Waals surface area contributed by atoms with Crippen molar-refractivity contribution in [1.29, 1.82) is 0 Å². The summed E-state index contributed by atoms with van der Waals surface area (Å²) in [5, 5.41) is 0. The zero-order chi connectivity index (χ0) is 22.5. The van der Waals surface area contributed by atoms with Crippen LogP contribution in [0.5, 0.6) is 0 Å². The van der Waals surface area contributed by atoms with Gasteiger partial charge in [0, 0.05) is 47.8 Å². The van der Waals surface area contributed by atoms with Crippen molar-refractivity contribution >= 4 is 15.5 Å². The number of pyridine rings is 1. The van der Waals surface area contributed by atoms with Crippen molar-refractivity contribution in [2.75, 3.05) is 6.26 Å². The lowest BCUT2D eigenvalue weighted by Gasteiger charge is -2.15. The van der Waals surface area contributed by atoms with Gasteiger partial charge in [-0.3, -0.25) is 9.79 Å². The van der Waals surface area contributed by atoms with Crippen LogP contribution < -0.4 is 5.56 Å². The van der Waals surface area contributed by atoms with Crippen LogP contribution in [0.3, 0.4) is 0 Å². The molecular weight excluding hydrogens is 422 g/mol. The molecule has 0 radical (unpaired) electrons. The highest BCUT2D eigenvalue weighted by atomic mass is 32.2. The molecule has 31 heavy (non-hydrogen) atoms. The standard InChI is InChI=1S/C23H20F2N2O3S/c1-13-17-10-22(28)27(2)11-20(17)18-8-15(12-31(3,29)30)21(25)9-19(18)23(26-13)14-4-6-16(24)7-5-14/h4-11,13H,12H2,1-3H3/t13-/m0/s1. The van der Waals surface area contributed by atoms with Crippen LogP contribution in [0.4, 0.5) is 8.78 Å². The van der Waals surface area contributed by atoms with Gasteiger partial charge in [-0.05, 0) is 54.4 Å². The van der Waals surface area contributed by atoms with Crippen LogP contribution in [0.25, 0.3) is 11.1 Å². The Labute approximate surface area is 178 Å². The molecule has 0 aliphatic carbocycles. The number of aliphatic imine (C=N–C) groups is 1. The predicted molar refractivity (Wildman–Crippen MR) is 116 cm³/mol. The smallest absolute Gasteiger partial charge is 0.250 e. The molecule has 0 saturated heterocycles. The summed E-state index contributed by atoms with van der Waals surface area (Å²) in [6.45, 7) is 1.82. The van der Waals surface area contributed by atoms with Gasteiger partial charge in [-0.25, -0.2) is 17.2 Å². The van der Waals surface area contributed by atoms with Gasteiger partial charge in [0.15, 0.2) is 9.84 Å². The minimum atomic E-state index is -3.48. The zero-order valence-corrected chi connectivity index (χ0v) is 18.0. The van der Waals surface area contributed by atoms with Gasteiger partial charge in [0.25, 0.3) is 5.56 Å². The van der Waals surface area contributed by atoms with Crippen LogP contribution in [-0.2, 0) is 22.6 Å². The summed E-state index contributed by atoms with van der Waals surface area (Å²) in [6.07, 6.45) is 2.70. The zero-order valence-electron chi connectivity index (χ0n) is 17.2. The Morgan fingerprint density at radius 1 is 1.03 bits per heavy atom. The van der Waals surface area contributed by atoms with E-state index >= 15 is 0 Å². The Balaban J connectivity index is 2.07. The van der Waals surface area contributed by atoms with Gasteiger partial charge in [0.2, 0.25) is 0 Å². The van der Waals surface area contributed by atoms with Gasteiger partial charge in [-0.2, -0.15) is 0 Å². The number of halogens is 2. The highest BCUT2D eigenvalue weighted by molar-refractivity contribution is 7.89. The topological polar surface area (TPSA) is 68.5 Å². The van der Waals surface area contributed by atoms with Crippen molar-refractivity contribution in [3.05, 3.63) is 92.9 Å². The summed E-state index contributed by atoms with van der Waals surface area (Å²) in [5.74, 6) is -1.53. The molecule has 0 unspecified atom stereocenters. The van der Waals surface area contributed by atoms with E-state index in [2.05, 4.69) is 0 Å². The predicted octanol–water partition coefficient (Wildman–Crippen LogP) is 3.79. The maximum absolute atomic E-state index is 15.0. The average Bonchev–Trinajstić information content (AvgIpc) is 2.78. The molecule has 0 saturated carbocycles. The lowest BCUT2D eigenvalue weighted by molar-refractivity contribution is 0.591. The number of sulfone groups is 1. The number of aryl methyl sites for hydroxylation is 1. The van der Waals surface area contributed by atoms with Crippen molar-refractivity contribution in [3.8, 4) is 11.1 Å². The van der Waals surface area contributed by atoms with E-state index in [4.69, 9.17) is 4.99 Å². The molecule has 2 aromatic carbocycles. The van der Waals surface area contributed by atoms with E-state index in [1.54, 1.807) is 25.4 Å². The van der Waals surface area contributed by atoms with Crippen LogP contribution in [-0.4, -0.2) is 25.0 Å². The Hall–Kier alpha value is -3.13. The van der Waals surface area contributed by atoms with E-state index in [9.17, 15) is 22.0 Å². The Morgan fingerprint density at radius 3 is 2.35 bits per heavy atom. The maximum atomic E-state index is 15.0. The van der Waals surface area contributed by atoms with Gasteiger partial charge in [0.1, 0.15) is 11.6 Å². The molecule has 0 amide bonds. The highest BCUT2D eigenvalue weighted by Gasteiger charge is 2.26. The van der Waals surface area contributed by atoms with E-state index in [1.165, 1.54) is 34.9 Å². The Bertz CT molecular complexity index is 1390. The number of benzene rings is 2. The van der Waals surface area contributed by atoms with Crippen molar-refractivity contribution in [2.45, 2.75) is 18.7 Å². The molecule has 4 rings (SSSR count). The Kier molecular flexibility index (Phi) is 5.13. The monoisotopic (exact) mass is 442 g/mol. The molecule has 3 aromatic rings. The average molecular weight is 442 g/mol. The van der Waals surface area contributed by atoms with Crippen molar-refractivity contribution in [1.82, 2.24) is 4.57 Å². The first kappa shape index (κ1) is 21.1. The second-order valence-electron chi connectivity index (χ2n) is 7.81. The quantitative estimate of drug-likeness (QED) is 0.620. The molecule has 5 nitrogen and oxygen atoms in total. The fourth-order valence-electron chi connectivity index (χ4n) is 3.82. The first-order valence-corrected chi connectivity index (χ1v) is 11.6. The third-order valence-electron chi connectivity index (χ3n) is 5.30. The first-order chi connectivity index (χ1) is 14.5. The second kappa shape index (κ2) is 7.53. The largest absolute Gasteiger partial charge is 0.318 e. The summed E-state index contributed by atoms with van der Waals surface area (Å²) < 4.78 is 53.5. The number of hydrogen-bond donors (Lipinski definition) is 0. The van der Waals surface area contributed by atoms with Gasteiger partial charge in [0.05, 0.1) is 17.5 Å². The van der Waals surface area contributed by atoms with Crippen LogP contribution in [0.1, 0.15) is 35.2 Å². The number of fused-ring (bicyclic) bond motifs is 3. The molecule has 1 aliphatic rings. The number of hydrogen-bond acceptors (Lipinski definition) is 4. The van der Waals surface area contributed by atoms with Gasteiger partial charge in [-0.15, -0.1) is 0 Å². The minimum Gasteiger partial charge on any atom is -0.318 e. The van der Waals surface area contributed by atoms with Crippen molar-refractivity contribution in [2.24, 2.45) is 12.0 Å². The van der Waals surface area contributed by atoms with Crippen LogP contribution in [0.2, 0.25) is 0 Å². The fourth-order valence-corrected chi connectivity index (χ4v) is 4.60. The molecule has 160 valence electrons. The van der Waals surface area contributed by atoms with Gasteiger partial charge in [-0.1, -0.05) is 0 Å². The van der Waals surface area contributed by atoms with E-state index in [1.807, 2.05) is 6.92 Å². The number of aromatic nitrogens is 1. The van der Waals surface area contributed by atoms with E-state index in [-0.39, 0.29) is 11.1 Å². The summed E-state index contributed by atoms with van der Waals surface area (Å²) >= 11 is 0. The summed E-state index contributed by atoms with van der Waals surface area (Å²) in [7, 11) is -1.86. The lowest BCUT2D eigenvalue weighted by Crippen LogP contribution is -2.17. The normalized spacial score (nSPS) is 15.6. The van der Waals surface area contributed by atoms with Crippen LogP contribution in [0.15, 0.2) is 58.4 Å². The van der Waals surface area contributed by atoms with Gasteiger partial charge < -0.3 is 4.57 Å².